The molecule has 0 spiro atoms. The highest BCUT2D eigenvalue weighted by Gasteiger charge is 2.40. The third-order valence-corrected chi connectivity index (χ3v) is 3.44. The predicted molar refractivity (Wildman–Crippen MR) is 76.4 cm³/mol. The van der Waals surface area contributed by atoms with Crippen molar-refractivity contribution in [3.63, 3.8) is 0 Å². The zero-order valence-corrected chi connectivity index (χ0v) is 12.3. The van der Waals surface area contributed by atoms with Gasteiger partial charge in [0.1, 0.15) is 11.5 Å². The molecule has 1 aromatic carbocycles. The van der Waals surface area contributed by atoms with Crippen LogP contribution in [0.25, 0.3) is 0 Å². The van der Waals surface area contributed by atoms with Gasteiger partial charge in [-0.2, -0.15) is 0 Å². The smallest absolute Gasteiger partial charge is 0.309 e. The van der Waals surface area contributed by atoms with Crippen LogP contribution in [-0.4, -0.2) is 32.7 Å². The first-order valence-corrected chi connectivity index (χ1v) is 6.73. The Hall–Kier alpha value is -2.24. The number of anilines is 1. The Morgan fingerprint density at radius 2 is 2.00 bits per heavy atom. The SMILES string of the molecule is COc1ccc(NC(=O)COC(=O)[C@@H]2C[C@@H]2C)c(OC)c1. The van der Waals surface area contributed by atoms with Gasteiger partial charge in [-0.15, -0.1) is 0 Å². The topological polar surface area (TPSA) is 73.9 Å². The summed E-state index contributed by atoms with van der Waals surface area (Å²) in [6, 6.07) is 5.03. The predicted octanol–water partition coefficient (Wildman–Crippen LogP) is 1.84. The lowest BCUT2D eigenvalue weighted by atomic mass is 10.2. The lowest BCUT2D eigenvalue weighted by Crippen LogP contribution is -2.22. The molecule has 0 bridgehead atoms. The molecule has 0 heterocycles. The monoisotopic (exact) mass is 293 g/mol. The highest BCUT2D eigenvalue weighted by Crippen LogP contribution is 2.38. The fourth-order valence-electron chi connectivity index (χ4n) is 1.98. The van der Waals surface area contributed by atoms with Crippen LogP contribution in [0.15, 0.2) is 18.2 Å². The Balaban J connectivity index is 1.88. The van der Waals surface area contributed by atoms with E-state index in [1.807, 2.05) is 6.92 Å². The third-order valence-electron chi connectivity index (χ3n) is 3.44. The van der Waals surface area contributed by atoms with E-state index in [9.17, 15) is 9.59 Å². The molecule has 1 amide bonds. The van der Waals surface area contributed by atoms with Gasteiger partial charge in [0.2, 0.25) is 0 Å². The molecule has 1 saturated carbocycles. The van der Waals surface area contributed by atoms with Crippen molar-refractivity contribution in [2.45, 2.75) is 13.3 Å². The number of amides is 1. The van der Waals surface area contributed by atoms with Gasteiger partial charge >= 0.3 is 5.97 Å². The summed E-state index contributed by atoms with van der Waals surface area (Å²) in [5.41, 5.74) is 0.499. The molecule has 6 heteroatoms. The van der Waals surface area contributed by atoms with Crippen molar-refractivity contribution in [3.05, 3.63) is 18.2 Å². The number of rotatable bonds is 6. The molecule has 0 unspecified atom stereocenters. The van der Waals surface area contributed by atoms with Crippen molar-refractivity contribution in [2.75, 3.05) is 26.1 Å². The maximum Gasteiger partial charge on any atom is 0.309 e. The Labute approximate surface area is 123 Å². The average molecular weight is 293 g/mol. The Morgan fingerprint density at radius 3 is 2.57 bits per heavy atom. The van der Waals surface area contributed by atoms with Gasteiger partial charge in [-0.05, 0) is 24.5 Å². The summed E-state index contributed by atoms with van der Waals surface area (Å²) in [6.45, 7) is 1.69. The first kappa shape index (κ1) is 15.2. The zero-order chi connectivity index (χ0) is 15.4. The molecule has 1 aliphatic rings. The van der Waals surface area contributed by atoms with Gasteiger partial charge in [-0.1, -0.05) is 6.92 Å². The van der Waals surface area contributed by atoms with Crippen molar-refractivity contribution < 1.29 is 23.8 Å². The number of carbonyl (C=O) groups excluding carboxylic acids is 2. The van der Waals surface area contributed by atoms with Crippen molar-refractivity contribution in [1.82, 2.24) is 0 Å². The number of carbonyl (C=O) groups is 2. The van der Waals surface area contributed by atoms with Gasteiger partial charge in [0, 0.05) is 6.07 Å². The van der Waals surface area contributed by atoms with Crippen LogP contribution in [0, 0.1) is 11.8 Å². The summed E-state index contributed by atoms with van der Waals surface area (Å²) in [4.78, 5) is 23.3. The Bertz CT molecular complexity index is 543. The fourth-order valence-corrected chi connectivity index (χ4v) is 1.98. The molecule has 114 valence electrons. The van der Waals surface area contributed by atoms with Gasteiger partial charge in [-0.3, -0.25) is 9.59 Å². The normalized spacial score (nSPS) is 19.6. The van der Waals surface area contributed by atoms with E-state index in [1.54, 1.807) is 25.3 Å². The Kier molecular flexibility index (Phi) is 4.67. The van der Waals surface area contributed by atoms with Crippen molar-refractivity contribution in [1.29, 1.82) is 0 Å². The summed E-state index contributed by atoms with van der Waals surface area (Å²) in [5.74, 6) is 0.707. The molecule has 6 nitrogen and oxygen atoms in total. The molecule has 1 fully saturated rings. The molecule has 0 aromatic heterocycles. The van der Waals surface area contributed by atoms with E-state index >= 15 is 0 Å². The first-order chi connectivity index (χ1) is 10.0. The van der Waals surface area contributed by atoms with Crippen LogP contribution < -0.4 is 14.8 Å². The molecular weight excluding hydrogens is 274 g/mol. The summed E-state index contributed by atoms with van der Waals surface area (Å²) in [6.07, 6.45) is 0.840. The highest BCUT2D eigenvalue weighted by molar-refractivity contribution is 5.94. The van der Waals surface area contributed by atoms with Crippen molar-refractivity contribution in [3.8, 4) is 11.5 Å². The fraction of sp³-hybridized carbons (Fsp3) is 0.467. The van der Waals surface area contributed by atoms with E-state index in [4.69, 9.17) is 14.2 Å². The lowest BCUT2D eigenvalue weighted by molar-refractivity contribution is -0.148. The lowest BCUT2D eigenvalue weighted by Gasteiger charge is -2.11. The van der Waals surface area contributed by atoms with Gasteiger partial charge in [0.25, 0.3) is 5.91 Å². The highest BCUT2D eigenvalue weighted by atomic mass is 16.5. The molecule has 2 atom stereocenters. The molecule has 0 radical (unpaired) electrons. The summed E-state index contributed by atoms with van der Waals surface area (Å²) in [7, 11) is 3.05. The minimum atomic E-state index is -0.403. The maximum absolute atomic E-state index is 11.8. The number of methoxy groups -OCH3 is 2. The Morgan fingerprint density at radius 1 is 1.29 bits per heavy atom. The van der Waals surface area contributed by atoms with Crippen LogP contribution in [0.1, 0.15) is 13.3 Å². The van der Waals surface area contributed by atoms with Crippen LogP contribution in [0.2, 0.25) is 0 Å². The van der Waals surface area contributed by atoms with Crippen LogP contribution in [0.4, 0.5) is 5.69 Å². The van der Waals surface area contributed by atoms with E-state index in [0.717, 1.165) is 6.42 Å². The zero-order valence-electron chi connectivity index (χ0n) is 12.3. The van der Waals surface area contributed by atoms with Crippen molar-refractivity contribution in [2.24, 2.45) is 11.8 Å². The van der Waals surface area contributed by atoms with Crippen LogP contribution in [0.3, 0.4) is 0 Å². The van der Waals surface area contributed by atoms with E-state index in [2.05, 4.69) is 5.32 Å². The van der Waals surface area contributed by atoms with Gasteiger partial charge < -0.3 is 19.5 Å². The van der Waals surface area contributed by atoms with Crippen molar-refractivity contribution >= 4 is 17.6 Å². The maximum atomic E-state index is 11.8. The molecule has 0 aliphatic heterocycles. The summed E-state index contributed by atoms with van der Waals surface area (Å²) < 4.78 is 15.2. The number of benzene rings is 1. The van der Waals surface area contributed by atoms with Crippen LogP contribution >= 0.6 is 0 Å². The molecular formula is C15H19NO5. The third kappa shape index (κ3) is 3.87. The van der Waals surface area contributed by atoms with Gasteiger partial charge in [-0.25, -0.2) is 0 Å². The van der Waals surface area contributed by atoms with Crippen LogP contribution in [-0.2, 0) is 14.3 Å². The number of hydrogen-bond acceptors (Lipinski definition) is 5. The van der Waals surface area contributed by atoms with E-state index in [0.29, 0.717) is 23.1 Å². The van der Waals surface area contributed by atoms with E-state index in [-0.39, 0.29) is 18.5 Å². The number of nitrogens with one attached hydrogen (secondary N) is 1. The van der Waals surface area contributed by atoms with Crippen LogP contribution in [0.5, 0.6) is 11.5 Å². The van der Waals surface area contributed by atoms with E-state index < -0.39 is 5.91 Å². The molecule has 1 N–H and O–H groups in total. The molecule has 21 heavy (non-hydrogen) atoms. The minimum Gasteiger partial charge on any atom is -0.497 e. The summed E-state index contributed by atoms with van der Waals surface area (Å²) in [5, 5.41) is 2.64. The number of hydrogen-bond donors (Lipinski definition) is 1. The second-order valence-corrected chi connectivity index (χ2v) is 5.04. The number of esters is 1. The number of ether oxygens (including phenoxy) is 3. The second kappa shape index (κ2) is 6.47. The molecule has 2 rings (SSSR count). The molecule has 1 aliphatic carbocycles. The first-order valence-electron chi connectivity index (χ1n) is 6.73. The second-order valence-electron chi connectivity index (χ2n) is 5.04. The quantitative estimate of drug-likeness (QED) is 0.810. The van der Waals surface area contributed by atoms with E-state index in [1.165, 1.54) is 7.11 Å². The van der Waals surface area contributed by atoms with Gasteiger partial charge in [0.05, 0.1) is 25.8 Å². The largest absolute Gasteiger partial charge is 0.497 e. The molecule has 0 saturated heterocycles. The standard InChI is InChI=1S/C15H19NO5/c1-9-6-11(9)15(18)21-8-14(17)16-12-5-4-10(19-2)7-13(12)20-3/h4-5,7,9,11H,6,8H2,1-3H3,(H,16,17)/t9-,11+/m0/s1. The minimum absolute atomic E-state index is 0.0478. The average Bonchev–Trinajstić information content (AvgIpc) is 3.22. The molecule has 1 aromatic rings. The van der Waals surface area contributed by atoms with Gasteiger partial charge in [0.15, 0.2) is 6.61 Å². The summed E-state index contributed by atoms with van der Waals surface area (Å²) >= 11 is 0.